The minimum Gasteiger partial charge on any atom is -0.491 e. The van der Waals surface area contributed by atoms with Gasteiger partial charge in [0.1, 0.15) is 18.5 Å². The van der Waals surface area contributed by atoms with Crippen LogP contribution in [0.25, 0.3) is 0 Å². The maximum Gasteiger partial charge on any atom is 0.221 e. The van der Waals surface area contributed by atoms with Crippen LogP contribution in [0.15, 0.2) is 30.3 Å². The van der Waals surface area contributed by atoms with E-state index in [0.29, 0.717) is 19.5 Å². The number of aliphatic hydroxyl groups excluding tert-OH is 1. The molecule has 5 heteroatoms. The highest BCUT2D eigenvalue weighted by Crippen LogP contribution is 2.08. The third-order valence-electron chi connectivity index (χ3n) is 2.37. The minimum absolute atomic E-state index is 0.0162. The number of rotatable bonds is 8. The van der Waals surface area contributed by atoms with Crippen LogP contribution in [0, 0.1) is 0 Å². The molecule has 0 radical (unpaired) electrons. The van der Waals surface area contributed by atoms with Crippen LogP contribution < -0.4 is 15.4 Å². The number of amides is 1. The highest BCUT2D eigenvalue weighted by molar-refractivity contribution is 5.75. The molecule has 0 fully saturated rings. The number of benzene rings is 1. The first-order valence-electron chi connectivity index (χ1n) is 5.99. The van der Waals surface area contributed by atoms with Gasteiger partial charge in [0.05, 0.1) is 0 Å². The summed E-state index contributed by atoms with van der Waals surface area (Å²) in [5.74, 6) is 0.722. The van der Waals surface area contributed by atoms with Crippen molar-refractivity contribution in [3.05, 3.63) is 30.3 Å². The van der Waals surface area contributed by atoms with E-state index in [1.807, 2.05) is 30.3 Å². The smallest absolute Gasteiger partial charge is 0.221 e. The van der Waals surface area contributed by atoms with Crippen molar-refractivity contribution in [2.24, 2.45) is 0 Å². The molecule has 1 amide bonds. The molecule has 1 atom stereocenters. The van der Waals surface area contributed by atoms with Crippen LogP contribution in [0.5, 0.6) is 5.75 Å². The van der Waals surface area contributed by atoms with Gasteiger partial charge < -0.3 is 20.5 Å². The van der Waals surface area contributed by atoms with Gasteiger partial charge in [0, 0.05) is 26.6 Å². The van der Waals surface area contributed by atoms with Crippen LogP contribution in [0.2, 0.25) is 0 Å². The molecule has 0 bridgehead atoms. The molecular weight excluding hydrogens is 232 g/mol. The number of carbonyl (C=O) groups excluding carboxylic acids is 1. The van der Waals surface area contributed by atoms with E-state index in [4.69, 9.17) is 4.74 Å². The number of carbonyl (C=O) groups is 1. The lowest BCUT2D eigenvalue weighted by Gasteiger charge is -2.13. The Bertz CT molecular complexity index is 343. The number of para-hydroxylation sites is 1. The molecule has 1 rings (SSSR count). The summed E-state index contributed by atoms with van der Waals surface area (Å²) < 4.78 is 5.40. The Morgan fingerprint density at radius 2 is 2.11 bits per heavy atom. The van der Waals surface area contributed by atoms with E-state index >= 15 is 0 Å². The van der Waals surface area contributed by atoms with Crippen LogP contribution in [-0.4, -0.2) is 43.9 Å². The van der Waals surface area contributed by atoms with Gasteiger partial charge in [-0.15, -0.1) is 0 Å². The first-order chi connectivity index (χ1) is 8.72. The summed E-state index contributed by atoms with van der Waals surface area (Å²) in [6.45, 7) is 1.18. The first-order valence-corrected chi connectivity index (χ1v) is 5.99. The molecule has 3 N–H and O–H groups in total. The van der Waals surface area contributed by atoms with Crippen molar-refractivity contribution in [2.75, 3.05) is 26.7 Å². The molecule has 1 aromatic carbocycles. The summed E-state index contributed by atoms with van der Waals surface area (Å²) in [6, 6.07) is 9.34. The second-order valence-electron chi connectivity index (χ2n) is 3.91. The fourth-order valence-electron chi connectivity index (χ4n) is 1.36. The maximum absolute atomic E-state index is 10.9. The summed E-state index contributed by atoms with van der Waals surface area (Å²) >= 11 is 0. The van der Waals surface area contributed by atoms with Gasteiger partial charge in [-0.25, -0.2) is 0 Å². The zero-order valence-corrected chi connectivity index (χ0v) is 10.6. The Hall–Kier alpha value is -1.59. The quantitative estimate of drug-likeness (QED) is 0.576. The number of aliphatic hydroxyl groups is 1. The summed E-state index contributed by atoms with van der Waals surface area (Å²) in [4.78, 5) is 10.9. The molecule has 0 spiro atoms. The second kappa shape index (κ2) is 8.49. The highest BCUT2D eigenvalue weighted by atomic mass is 16.5. The molecule has 0 aliphatic carbocycles. The Balaban J connectivity index is 2.07. The van der Waals surface area contributed by atoms with Crippen molar-refractivity contribution >= 4 is 5.91 Å². The van der Waals surface area contributed by atoms with E-state index in [1.54, 1.807) is 7.05 Å². The third-order valence-corrected chi connectivity index (χ3v) is 2.37. The molecule has 1 aromatic rings. The standard InChI is InChI=1S/C13H20N2O3/c1-14-13(17)7-8-15-9-11(16)10-18-12-5-3-2-4-6-12/h2-6,11,15-16H,7-10H2,1H3,(H,14,17). The highest BCUT2D eigenvalue weighted by Gasteiger charge is 2.05. The number of hydrogen-bond donors (Lipinski definition) is 3. The molecular formula is C13H20N2O3. The molecule has 5 nitrogen and oxygen atoms in total. The molecule has 0 aliphatic heterocycles. The third kappa shape index (κ3) is 6.22. The predicted molar refractivity (Wildman–Crippen MR) is 69.5 cm³/mol. The molecule has 0 saturated heterocycles. The van der Waals surface area contributed by atoms with Crippen LogP contribution in [0.3, 0.4) is 0 Å². The molecule has 100 valence electrons. The number of hydrogen-bond acceptors (Lipinski definition) is 4. The molecule has 0 saturated carbocycles. The van der Waals surface area contributed by atoms with Crippen molar-refractivity contribution in [2.45, 2.75) is 12.5 Å². The fourth-order valence-corrected chi connectivity index (χ4v) is 1.36. The van der Waals surface area contributed by atoms with E-state index < -0.39 is 6.10 Å². The molecule has 1 unspecified atom stereocenters. The summed E-state index contributed by atoms with van der Waals surface area (Å²) in [7, 11) is 1.60. The van der Waals surface area contributed by atoms with E-state index in [9.17, 15) is 9.90 Å². The summed E-state index contributed by atoms with van der Waals surface area (Å²) in [6.07, 6.45) is -0.183. The van der Waals surface area contributed by atoms with E-state index in [2.05, 4.69) is 10.6 Å². The molecule has 0 aliphatic rings. The monoisotopic (exact) mass is 252 g/mol. The van der Waals surface area contributed by atoms with E-state index in [1.165, 1.54) is 0 Å². The average molecular weight is 252 g/mol. The topological polar surface area (TPSA) is 70.6 Å². The van der Waals surface area contributed by atoms with Crippen molar-refractivity contribution in [1.29, 1.82) is 0 Å². The molecule has 18 heavy (non-hydrogen) atoms. The van der Waals surface area contributed by atoms with Gasteiger partial charge in [-0.05, 0) is 12.1 Å². The minimum atomic E-state index is -0.588. The summed E-state index contributed by atoms with van der Waals surface area (Å²) in [5, 5.41) is 15.2. The lowest BCUT2D eigenvalue weighted by Crippen LogP contribution is -2.33. The normalized spacial score (nSPS) is 11.9. The Morgan fingerprint density at radius 1 is 1.39 bits per heavy atom. The van der Waals surface area contributed by atoms with E-state index in [-0.39, 0.29) is 12.5 Å². The van der Waals surface area contributed by atoms with Crippen LogP contribution in [0.1, 0.15) is 6.42 Å². The Kier molecular flexibility index (Phi) is 6.83. The van der Waals surface area contributed by atoms with Crippen molar-refractivity contribution in [3.63, 3.8) is 0 Å². The lowest BCUT2D eigenvalue weighted by molar-refractivity contribution is -0.120. The Labute approximate surface area is 107 Å². The van der Waals surface area contributed by atoms with Gasteiger partial charge in [0.25, 0.3) is 0 Å². The largest absolute Gasteiger partial charge is 0.491 e. The van der Waals surface area contributed by atoms with Crippen LogP contribution >= 0.6 is 0 Å². The van der Waals surface area contributed by atoms with Gasteiger partial charge in [0.2, 0.25) is 5.91 Å². The van der Waals surface area contributed by atoms with Crippen LogP contribution in [0.4, 0.5) is 0 Å². The first kappa shape index (κ1) is 14.5. The van der Waals surface area contributed by atoms with Gasteiger partial charge in [-0.3, -0.25) is 4.79 Å². The van der Waals surface area contributed by atoms with Gasteiger partial charge in [-0.2, -0.15) is 0 Å². The Morgan fingerprint density at radius 3 is 2.78 bits per heavy atom. The van der Waals surface area contributed by atoms with Crippen LogP contribution in [-0.2, 0) is 4.79 Å². The predicted octanol–water partition coefficient (Wildman–Crippen LogP) is 0.152. The number of ether oxygens (including phenoxy) is 1. The maximum atomic E-state index is 10.9. The molecule has 0 heterocycles. The zero-order valence-electron chi connectivity index (χ0n) is 10.6. The van der Waals surface area contributed by atoms with Gasteiger partial charge in [0.15, 0.2) is 0 Å². The van der Waals surface area contributed by atoms with E-state index in [0.717, 1.165) is 5.75 Å². The molecule has 0 aromatic heterocycles. The van der Waals surface area contributed by atoms with Crippen molar-refractivity contribution < 1.29 is 14.6 Å². The second-order valence-corrected chi connectivity index (χ2v) is 3.91. The zero-order chi connectivity index (χ0) is 13.2. The fraction of sp³-hybridized carbons (Fsp3) is 0.462. The van der Waals surface area contributed by atoms with Crippen molar-refractivity contribution in [1.82, 2.24) is 10.6 Å². The summed E-state index contributed by atoms with van der Waals surface area (Å²) in [5.41, 5.74) is 0. The lowest BCUT2D eigenvalue weighted by atomic mass is 10.3. The van der Waals surface area contributed by atoms with Crippen molar-refractivity contribution in [3.8, 4) is 5.75 Å². The SMILES string of the molecule is CNC(=O)CCNCC(O)COc1ccccc1. The van der Waals surface area contributed by atoms with Gasteiger partial charge >= 0.3 is 0 Å². The number of nitrogens with one attached hydrogen (secondary N) is 2. The van der Waals surface area contributed by atoms with Gasteiger partial charge in [-0.1, -0.05) is 18.2 Å². The average Bonchev–Trinajstić information content (AvgIpc) is 2.42.